The first kappa shape index (κ1) is 15.6. The van der Waals surface area contributed by atoms with Gasteiger partial charge in [0, 0.05) is 0 Å². The Labute approximate surface area is 100.0 Å². The van der Waals surface area contributed by atoms with Crippen molar-refractivity contribution in [3.8, 4) is 5.75 Å². The number of aliphatic hydroxyl groups is 2. The molecular formula is C12H18O5. The van der Waals surface area contributed by atoms with E-state index in [4.69, 9.17) is 14.9 Å². The van der Waals surface area contributed by atoms with Crippen molar-refractivity contribution >= 4 is 5.97 Å². The summed E-state index contributed by atoms with van der Waals surface area (Å²) >= 11 is 0. The Morgan fingerprint density at radius 1 is 1.47 bits per heavy atom. The molecule has 0 aromatic heterocycles. The normalized spacial score (nSPS) is 11.5. The van der Waals surface area contributed by atoms with Gasteiger partial charge in [0.2, 0.25) is 0 Å². The minimum absolute atomic E-state index is 0. The molecule has 1 rings (SSSR count). The third-order valence-corrected chi connectivity index (χ3v) is 2.43. The van der Waals surface area contributed by atoms with Crippen LogP contribution in [0.25, 0.3) is 0 Å². The maximum absolute atomic E-state index is 11.3. The molecule has 0 amide bonds. The van der Waals surface area contributed by atoms with Gasteiger partial charge in [-0.05, 0) is 30.5 Å². The maximum atomic E-state index is 11.3. The van der Waals surface area contributed by atoms with Crippen LogP contribution >= 0.6 is 0 Å². The summed E-state index contributed by atoms with van der Waals surface area (Å²) in [5.41, 5.74) is 1.97. The van der Waals surface area contributed by atoms with Crippen molar-refractivity contribution in [3.05, 3.63) is 29.3 Å². The van der Waals surface area contributed by atoms with Crippen LogP contribution in [0.15, 0.2) is 18.2 Å². The Kier molecular flexibility index (Phi) is 6.42. The highest BCUT2D eigenvalue weighted by Crippen LogP contribution is 2.22. The highest BCUT2D eigenvalue weighted by Gasteiger charge is 2.17. The van der Waals surface area contributed by atoms with E-state index in [-0.39, 0.29) is 5.48 Å². The summed E-state index contributed by atoms with van der Waals surface area (Å²) in [6.07, 6.45) is -0.635. The molecule has 0 saturated heterocycles. The van der Waals surface area contributed by atoms with Crippen LogP contribution in [0.5, 0.6) is 5.75 Å². The van der Waals surface area contributed by atoms with Gasteiger partial charge in [-0.2, -0.15) is 0 Å². The van der Waals surface area contributed by atoms with Crippen LogP contribution in [0, 0.1) is 6.92 Å². The zero-order valence-corrected chi connectivity index (χ0v) is 9.93. The van der Waals surface area contributed by atoms with E-state index < -0.39 is 18.7 Å². The molecule has 0 radical (unpaired) electrons. The SMILES string of the molecule is CCc1cccc(OC(=O)C(O)CO)c1C.O. The lowest BCUT2D eigenvalue weighted by molar-refractivity contribution is -0.145. The average Bonchev–Trinajstić information content (AvgIpc) is 2.30. The topological polar surface area (TPSA) is 98.3 Å². The van der Waals surface area contributed by atoms with Crippen molar-refractivity contribution in [3.63, 3.8) is 0 Å². The van der Waals surface area contributed by atoms with E-state index in [0.717, 1.165) is 17.5 Å². The number of carbonyl (C=O) groups excluding carboxylic acids is 1. The van der Waals surface area contributed by atoms with Crippen molar-refractivity contribution in [1.29, 1.82) is 0 Å². The molecule has 0 aliphatic carbocycles. The second-order valence-corrected chi connectivity index (χ2v) is 3.51. The van der Waals surface area contributed by atoms with Crippen molar-refractivity contribution in [2.45, 2.75) is 26.4 Å². The fourth-order valence-corrected chi connectivity index (χ4v) is 1.40. The lowest BCUT2D eigenvalue weighted by Gasteiger charge is -2.12. The van der Waals surface area contributed by atoms with Crippen LogP contribution < -0.4 is 4.74 Å². The average molecular weight is 242 g/mol. The molecule has 0 fully saturated rings. The largest absolute Gasteiger partial charge is 0.424 e. The van der Waals surface area contributed by atoms with Crippen LogP contribution in [0.2, 0.25) is 0 Å². The molecule has 96 valence electrons. The lowest BCUT2D eigenvalue weighted by Crippen LogP contribution is -2.29. The van der Waals surface area contributed by atoms with Gasteiger partial charge in [0.05, 0.1) is 6.61 Å². The molecule has 0 bridgehead atoms. The van der Waals surface area contributed by atoms with E-state index in [9.17, 15) is 4.79 Å². The number of aryl methyl sites for hydroxylation is 1. The van der Waals surface area contributed by atoms with Crippen LogP contribution in [0.4, 0.5) is 0 Å². The third-order valence-electron chi connectivity index (χ3n) is 2.43. The molecule has 1 aromatic rings. The fraction of sp³-hybridized carbons (Fsp3) is 0.417. The second kappa shape index (κ2) is 7.01. The van der Waals surface area contributed by atoms with Crippen molar-refractivity contribution in [2.24, 2.45) is 0 Å². The molecule has 1 aromatic carbocycles. The molecule has 0 aliphatic rings. The van der Waals surface area contributed by atoms with Gasteiger partial charge in [0.1, 0.15) is 5.75 Å². The van der Waals surface area contributed by atoms with Crippen LogP contribution in [-0.2, 0) is 11.2 Å². The summed E-state index contributed by atoms with van der Waals surface area (Å²) < 4.78 is 4.99. The summed E-state index contributed by atoms with van der Waals surface area (Å²) in [4.78, 5) is 11.3. The van der Waals surface area contributed by atoms with Gasteiger partial charge < -0.3 is 20.4 Å². The maximum Gasteiger partial charge on any atom is 0.342 e. The Bertz CT molecular complexity index is 375. The molecular weight excluding hydrogens is 224 g/mol. The number of aliphatic hydroxyl groups excluding tert-OH is 2. The molecule has 4 N–H and O–H groups in total. The van der Waals surface area contributed by atoms with Crippen LogP contribution in [0.1, 0.15) is 18.1 Å². The molecule has 0 aliphatic heterocycles. The number of hydrogen-bond acceptors (Lipinski definition) is 4. The number of benzene rings is 1. The quantitative estimate of drug-likeness (QED) is 0.573. The van der Waals surface area contributed by atoms with Gasteiger partial charge in [-0.25, -0.2) is 4.79 Å². The van der Waals surface area contributed by atoms with E-state index in [1.165, 1.54) is 0 Å². The first-order valence-electron chi connectivity index (χ1n) is 5.19. The Morgan fingerprint density at radius 3 is 2.65 bits per heavy atom. The lowest BCUT2D eigenvalue weighted by atomic mass is 10.1. The van der Waals surface area contributed by atoms with Crippen LogP contribution in [-0.4, -0.2) is 34.4 Å². The predicted molar refractivity (Wildman–Crippen MR) is 62.9 cm³/mol. The summed E-state index contributed by atoms with van der Waals surface area (Å²) in [7, 11) is 0. The van der Waals surface area contributed by atoms with Gasteiger partial charge in [0.25, 0.3) is 0 Å². The van der Waals surface area contributed by atoms with E-state index >= 15 is 0 Å². The van der Waals surface area contributed by atoms with Crippen molar-refractivity contribution in [1.82, 2.24) is 0 Å². The fourth-order valence-electron chi connectivity index (χ4n) is 1.40. The number of ether oxygens (including phenoxy) is 1. The molecule has 0 spiro atoms. The van der Waals surface area contributed by atoms with Crippen molar-refractivity contribution in [2.75, 3.05) is 6.61 Å². The van der Waals surface area contributed by atoms with E-state index in [1.807, 2.05) is 19.9 Å². The molecule has 0 saturated carbocycles. The Morgan fingerprint density at radius 2 is 2.12 bits per heavy atom. The van der Waals surface area contributed by atoms with Crippen molar-refractivity contribution < 1.29 is 25.2 Å². The summed E-state index contributed by atoms with van der Waals surface area (Å²) in [6, 6.07) is 5.41. The number of carbonyl (C=O) groups is 1. The van der Waals surface area contributed by atoms with Gasteiger partial charge in [-0.3, -0.25) is 0 Å². The minimum atomic E-state index is -1.48. The second-order valence-electron chi connectivity index (χ2n) is 3.51. The monoisotopic (exact) mass is 242 g/mol. The molecule has 0 heterocycles. The highest BCUT2D eigenvalue weighted by atomic mass is 16.6. The Balaban J connectivity index is 0.00000256. The smallest absolute Gasteiger partial charge is 0.342 e. The highest BCUT2D eigenvalue weighted by molar-refractivity contribution is 5.77. The molecule has 1 atom stereocenters. The van der Waals surface area contributed by atoms with Gasteiger partial charge >= 0.3 is 5.97 Å². The summed E-state index contributed by atoms with van der Waals surface area (Å²) in [6.45, 7) is 3.23. The van der Waals surface area contributed by atoms with E-state index in [0.29, 0.717) is 5.75 Å². The zero-order valence-electron chi connectivity index (χ0n) is 9.93. The molecule has 5 heteroatoms. The van der Waals surface area contributed by atoms with Gasteiger partial charge in [0.15, 0.2) is 6.10 Å². The standard InChI is InChI=1S/C12H16O4.H2O/c1-3-9-5-4-6-11(8(9)2)16-12(15)10(14)7-13;/h4-6,10,13-14H,3,7H2,1-2H3;1H2. The van der Waals surface area contributed by atoms with E-state index in [1.54, 1.807) is 12.1 Å². The van der Waals surface area contributed by atoms with E-state index in [2.05, 4.69) is 0 Å². The molecule has 5 nitrogen and oxygen atoms in total. The zero-order chi connectivity index (χ0) is 12.1. The number of rotatable bonds is 4. The first-order valence-corrected chi connectivity index (χ1v) is 5.19. The van der Waals surface area contributed by atoms with Crippen LogP contribution in [0.3, 0.4) is 0 Å². The number of esters is 1. The third kappa shape index (κ3) is 3.81. The minimum Gasteiger partial charge on any atom is -0.424 e. The Hall–Kier alpha value is -1.43. The summed E-state index contributed by atoms with van der Waals surface area (Å²) in [5, 5.41) is 17.7. The number of hydrogen-bond donors (Lipinski definition) is 2. The van der Waals surface area contributed by atoms with Gasteiger partial charge in [-0.15, -0.1) is 0 Å². The molecule has 17 heavy (non-hydrogen) atoms. The molecule has 1 unspecified atom stereocenters. The summed E-state index contributed by atoms with van der Waals surface area (Å²) in [5.74, 6) is -0.407. The van der Waals surface area contributed by atoms with Gasteiger partial charge in [-0.1, -0.05) is 19.1 Å². The predicted octanol–water partition coefficient (Wildman–Crippen LogP) is -0.00868. The first-order chi connectivity index (χ1) is 7.60.